The molecule has 1 aliphatic rings. The van der Waals surface area contributed by atoms with E-state index in [0.29, 0.717) is 5.56 Å². The lowest BCUT2D eigenvalue weighted by Crippen LogP contribution is -2.57. The molecule has 0 aliphatic carbocycles. The lowest BCUT2D eigenvalue weighted by molar-refractivity contribution is -0.139. The predicted octanol–water partition coefficient (Wildman–Crippen LogP) is 0.525. The highest BCUT2D eigenvalue weighted by Gasteiger charge is 2.31. The van der Waals surface area contributed by atoms with Crippen molar-refractivity contribution in [2.45, 2.75) is 19.9 Å². The Morgan fingerprint density at radius 2 is 2.05 bits per heavy atom. The minimum atomic E-state index is -0.467. The first-order chi connectivity index (χ1) is 8.99. The Kier molecular flexibility index (Phi) is 3.76. The molecule has 1 saturated heterocycles. The van der Waals surface area contributed by atoms with E-state index in [2.05, 4.69) is 5.32 Å². The first-order valence-corrected chi connectivity index (χ1v) is 6.15. The molecular formula is C14H16N2O3. The number of hydrogen-bond donors (Lipinski definition) is 1. The second-order valence-corrected chi connectivity index (χ2v) is 4.73. The van der Waals surface area contributed by atoms with Crippen molar-refractivity contribution in [3.63, 3.8) is 0 Å². The highest BCUT2D eigenvalue weighted by molar-refractivity contribution is 6.03. The van der Waals surface area contributed by atoms with Crippen LogP contribution in [0.2, 0.25) is 0 Å². The van der Waals surface area contributed by atoms with Gasteiger partial charge in [0.25, 0.3) is 0 Å². The molecule has 0 bridgehead atoms. The van der Waals surface area contributed by atoms with E-state index in [9.17, 15) is 14.4 Å². The maximum absolute atomic E-state index is 12.2. The molecule has 2 rings (SSSR count). The van der Waals surface area contributed by atoms with Crippen LogP contribution < -0.4 is 5.32 Å². The molecule has 1 N–H and O–H groups in total. The number of Topliss-reactive ketones (excluding diaryl/α,β-unsaturated/α-hetero) is 1. The molecular weight excluding hydrogens is 244 g/mol. The zero-order valence-electron chi connectivity index (χ0n) is 11.0. The number of amides is 2. The molecule has 0 spiro atoms. The highest BCUT2D eigenvalue weighted by Crippen LogP contribution is 2.11. The summed E-state index contributed by atoms with van der Waals surface area (Å²) in [6, 6.07) is 6.83. The zero-order valence-corrected chi connectivity index (χ0v) is 11.0. The number of aryl methyl sites for hydroxylation is 1. The van der Waals surface area contributed by atoms with Crippen LogP contribution >= 0.6 is 0 Å². The molecule has 5 heteroatoms. The molecule has 1 heterocycles. The number of benzene rings is 1. The van der Waals surface area contributed by atoms with Gasteiger partial charge in [0.1, 0.15) is 0 Å². The largest absolute Gasteiger partial charge is 0.294 e. The van der Waals surface area contributed by atoms with Crippen molar-refractivity contribution in [1.82, 2.24) is 10.2 Å². The van der Waals surface area contributed by atoms with Gasteiger partial charge in [-0.15, -0.1) is 0 Å². The normalized spacial score (nSPS) is 20.2. The van der Waals surface area contributed by atoms with E-state index in [1.54, 1.807) is 24.0 Å². The molecule has 2 amide bonds. The van der Waals surface area contributed by atoms with Gasteiger partial charge in [-0.05, 0) is 19.4 Å². The molecule has 0 aromatic heterocycles. The lowest BCUT2D eigenvalue weighted by atomic mass is 10.0. The van der Waals surface area contributed by atoms with E-state index in [-0.39, 0.29) is 30.7 Å². The van der Waals surface area contributed by atoms with Crippen molar-refractivity contribution >= 4 is 17.6 Å². The number of piperazine rings is 1. The third-order valence-corrected chi connectivity index (χ3v) is 3.33. The van der Waals surface area contributed by atoms with E-state index in [1.165, 1.54) is 0 Å². The van der Waals surface area contributed by atoms with Crippen molar-refractivity contribution in [1.29, 1.82) is 0 Å². The van der Waals surface area contributed by atoms with Crippen molar-refractivity contribution in [3.8, 4) is 0 Å². The Morgan fingerprint density at radius 1 is 1.37 bits per heavy atom. The van der Waals surface area contributed by atoms with Crippen LogP contribution in [0.3, 0.4) is 0 Å². The second-order valence-electron chi connectivity index (χ2n) is 4.73. The zero-order chi connectivity index (χ0) is 14.0. The van der Waals surface area contributed by atoms with Gasteiger partial charge < -0.3 is 0 Å². The fraction of sp³-hybridized carbons (Fsp3) is 0.357. The maximum Gasteiger partial charge on any atom is 0.243 e. The van der Waals surface area contributed by atoms with E-state index in [1.807, 2.05) is 19.1 Å². The highest BCUT2D eigenvalue weighted by atomic mass is 16.2. The van der Waals surface area contributed by atoms with Crippen LogP contribution in [0.25, 0.3) is 0 Å². The van der Waals surface area contributed by atoms with Crippen molar-refractivity contribution < 1.29 is 14.4 Å². The molecule has 1 atom stereocenters. The van der Waals surface area contributed by atoms with Gasteiger partial charge in [-0.2, -0.15) is 0 Å². The first-order valence-electron chi connectivity index (χ1n) is 6.15. The van der Waals surface area contributed by atoms with Gasteiger partial charge in [0.05, 0.1) is 19.1 Å². The molecule has 100 valence electrons. The summed E-state index contributed by atoms with van der Waals surface area (Å²) in [4.78, 5) is 36.6. The molecule has 0 radical (unpaired) electrons. The number of carbonyl (C=O) groups is 3. The summed E-state index contributed by atoms with van der Waals surface area (Å²) in [5, 5.41) is 2.25. The van der Waals surface area contributed by atoms with Gasteiger partial charge in [0.15, 0.2) is 5.78 Å². The summed E-state index contributed by atoms with van der Waals surface area (Å²) in [5.41, 5.74) is 1.53. The van der Waals surface area contributed by atoms with Gasteiger partial charge in [-0.3, -0.25) is 24.6 Å². The fourth-order valence-corrected chi connectivity index (χ4v) is 2.12. The summed E-state index contributed by atoms with van der Waals surface area (Å²) >= 11 is 0. The minimum absolute atomic E-state index is 0.0739. The summed E-state index contributed by atoms with van der Waals surface area (Å²) in [7, 11) is 0. The monoisotopic (exact) mass is 260 g/mol. The SMILES string of the molecule is Cc1ccccc1C(=O)CN1CC(=O)NC(=O)C1C. The van der Waals surface area contributed by atoms with Crippen LogP contribution in [0.1, 0.15) is 22.8 Å². The van der Waals surface area contributed by atoms with Crippen molar-refractivity contribution in [2.75, 3.05) is 13.1 Å². The van der Waals surface area contributed by atoms with Gasteiger partial charge in [0, 0.05) is 5.56 Å². The summed E-state index contributed by atoms with van der Waals surface area (Å²) < 4.78 is 0. The minimum Gasteiger partial charge on any atom is -0.294 e. The first kappa shape index (κ1) is 13.4. The topological polar surface area (TPSA) is 66.5 Å². The standard InChI is InChI=1S/C14H16N2O3/c1-9-5-3-4-6-11(9)12(17)7-16-8-13(18)15-14(19)10(16)2/h3-6,10H,7-8H2,1-2H3,(H,15,18,19). The molecule has 19 heavy (non-hydrogen) atoms. The molecule has 1 aliphatic heterocycles. The number of imide groups is 1. The predicted molar refractivity (Wildman–Crippen MR) is 69.7 cm³/mol. The van der Waals surface area contributed by atoms with Crippen LogP contribution in [-0.2, 0) is 9.59 Å². The fourth-order valence-electron chi connectivity index (χ4n) is 2.12. The quantitative estimate of drug-likeness (QED) is 0.636. The van der Waals surface area contributed by atoms with Crippen LogP contribution in [0.4, 0.5) is 0 Å². The maximum atomic E-state index is 12.2. The summed E-state index contributed by atoms with van der Waals surface area (Å²) in [6.07, 6.45) is 0. The number of carbonyl (C=O) groups excluding carboxylic acids is 3. The van der Waals surface area contributed by atoms with Gasteiger partial charge >= 0.3 is 0 Å². The Labute approximate surface area is 111 Å². The van der Waals surface area contributed by atoms with Crippen LogP contribution in [-0.4, -0.2) is 41.6 Å². The van der Waals surface area contributed by atoms with Crippen LogP contribution in [0, 0.1) is 6.92 Å². The number of nitrogens with zero attached hydrogens (tertiary/aromatic N) is 1. The number of rotatable bonds is 3. The lowest BCUT2D eigenvalue weighted by Gasteiger charge is -2.30. The number of nitrogens with one attached hydrogen (secondary N) is 1. The smallest absolute Gasteiger partial charge is 0.243 e. The Balaban J connectivity index is 2.12. The summed E-state index contributed by atoms with van der Waals surface area (Å²) in [6.45, 7) is 3.70. The van der Waals surface area contributed by atoms with E-state index >= 15 is 0 Å². The van der Waals surface area contributed by atoms with Crippen LogP contribution in [0.5, 0.6) is 0 Å². The molecule has 1 fully saturated rings. The molecule has 5 nitrogen and oxygen atoms in total. The van der Waals surface area contributed by atoms with Gasteiger partial charge in [0.2, 0.25) is 11.8 Å². The number of hydrogen-bond acceptors (Lipinski definition) is 4. The van der Waals surface area contributed by atoms with Crippen molar-refractivity contribution in [2.24, 2.45) is 0 Å². The molecule has 1 unspecified atom stereocenters. The summed E-state index contributed by atoms with van der Waals surface area (Å²) in [5.74, 6) is -0.790. The average Bonchev–Trinajstić information content (AvgIpc) is 2.35. The third-order valence-electron chi connectivity index (χ3n) is 3.33. The molecule has 1 aromatic carbocycles. The van der Waals surface area contributed by atoms with E-state index in [4.69, 9.17) is 0 Å². The van der Waals surface area contributed by atoms with E-state index < -0.39 is 6.04 Å². The average molecular weight is 260 g/mol. The Hall–Kier alpha value is -2.01. The van der Waals surface area contributed by atoms with E-state index in [0.717, 1.165) is 5.56 Å². The van der Waals surface area contributed by atoms with Crippen LogP contribution in [0.15, 0.2) is 24.3 Å². The van der Waals surface area contributed by atoms with Gasteiger partial charge in [-0.1, -0.05) is 24.3 Å². The number of ketones is 1. The Bertz CT molecular complexity index is 539. The third kappa shape index (κ3) is 2.88. The molecule has 1 aromatic rings. The second kappa shape index (κ2) is 5.32. The van der Waals surface area contributed by atoms with Crippen molar-refractivity contribution in [3.05, 3.63) is 35.4 Å². The Morgan fingerprint density at radius 3 is 2.74 bits per heavy atom. The molecule has 0 saturated carbocycles. The van der Waals surface area contributed by atoms with Gasteiger partial charge in [-0.25, -0.2) is 0 Å².